The average molecular weight is 585 g/mol. The quantitative estimate of drug-likeness (QED) is 0.139. The fourth-order valence-corrected chi connectivity index (χ4v) is 6.08. The van der Waals surface area contributed by atoms with Gasteiger partial charge in [0.1, 0.15) is 5.84 Å². The largest absolute Gasteiger partial charge is 0.398 e. The third-order valence-corrected chi connectivity index (χ3v) is 8.35. The Balaban J connectivity index is 1.75. The van der Waals surface area contributed by atoms with E-state index in [9.17, 15) is 15.3 Å². The molecule has 1 saturated heterocycles. The molecule has 3 aromatic rings. The number of anilines is 4. The van der Waals surface area contributed by atoms with Gasteiger partial charge in [-0.2, -0.15) is 0 Å². The summed E-state index contributed by atoms with van der Waals surface area (Å²) >= 11 is 0. The lowest BCUT2D eigenvalue weighted by atomic mass is 9.91. The SMILES string of the molecule is C=CC(=O)N1CC2CNc3c(F)c(-c4c(C)ccc(N)c4C=N)cc(Nc4c(C)ccnc4C(C)O)c3C(=N)N2CC1C. The third kappa shape index (κ3) is 5.10. The van der Waals surface area contributed by atoms with Gasteiger partial charge in [0.05, 0.1) is 40.5 Å². The fraction of sp³-hybridized carbons (Fsp3) is 0.312. The van der Waals surface area contributed by atoms with E-state index in [1.165, 1.54) is 6.08 Å². The van der Waals surface area contributed by atoms with Crippen molar-refractivity contribution in [3.63, 3.8) is 0 Å². The summed E-state index contributed by atoms with van der Waals surface area (Å²) in [6, 6.07) is 6.43. The summed E-state index contributed by atoms with van der Waals surface area (Å²) in [5.74, 6) is -0.662. The van der Waals surface area contributed by atoms with Crippen molar-refractivity contribution in [3.05, 3.63) is 76.9 Å². The summed E-state index contributed by atoms with van der Waals surface area (Å²) in [6.07, 6.45) is 3.13. The van der Waals surface area contributed by atoms with Crippen LogP contribution < -0.4 is 16.4 Å². The molecule has 2 aliphatic rings. The van der Waals surface area contributed by atoms with E-state index in [1.807, 2.05) is 31.7 Å². The minimum absolute atomic E-state index is 0.104. The topological polar surface area (TPSA) is 154 Å². The second kappa shape index (κ2) is 11.5. The summed E-state index contributed by atoms with van der Waals surface area (Å²) in [5.41, 5.74) is 11.0. The highest BCUT2D eigenvalue weighted by atomic mass is 19.1. The number of fused-ring (bicyclic) bond motifs is 2. The molecule has 0 aliphatic carbocycles. The molecule has 224 valence electrons. The van der Waals surface area contributed by atoms with Gasteiger partial charge in [0, 0.05) is 54.9 Å². The number of amides is 1. The number of pyridine rings is 1. The van der Waals surface area contributed by atoms with Crippen molar-refractivity contribution in [3.8, 4) is 11.1 Å². The standard InChI is InChI=1S/C32H37FN8O2/c1-6-25(43)40-15-20-13-38-31-27(32(36)41(20)14-18(40)4)24(39-29-17(3)9-10-37-30(29)19(5)42)11-21(28(31)33)26-16(2)7-8-23(35)22(26)12-34/h6-12,18-20,34,36,38-39,42H,1,13-15,35H2,2-5H3. The summed E-state index contributed by atoms with van der Waals surface area (Å²) in [6.45, 7) is 11.9. The number of aliphatic hydroxyl groups excluding tert-OH is 1. The monoisotopic (exact) mass is 584 g/mol. The molecule has 1 aromatic heterocycles. The Kier molecular flexibility index (Phi) is 7.94. The van der Waals surface area contributed by atoms with Crippen LogP contribution in [0.5, 0.6) is 0 Å². The number of nitrogens with two attached hydrogens (primary N) is 1. The van der Waals surface area contributed by atoms with Gasteiger partial charge in [-0.15, -0.1) is 0 Å². The second-order valence-corrected chi connectivity index (χ2v) is 11.2. The van der Waals surface area contributed by atoms with Gasteiger partial charge in [0.2, 0.25) is 5.91 Å². The number of halogens is 1. The van der Waals surface area contributed by atoms with Crippen LogP contribution in [0.2, 0.25) is 0 Å². The molecule has 2 aliphatic heterocycles. The lowest BCUT2D eigenvalue weighted by Gasteiger charge is -2.45. The van der Waals surface area contributed by atoms with E-state index in [2.05, 4.69) is 22.2 Å². The zero-order chi connectivity index (χ0) is 31.2. The fourth-order valence-electron chi connectivity index (χ4n) is 6.08. The van der Waals surface area contributed by atoms with Crippen LogP contribution in [0.4, 0.5) is 27.1 Å². The summed E-state index contributed by atoms with van der Waals surface area (Å²) in [7, 11) is 0. The maximum absolute atomic E-state index is 16.8. The number of piperazine rings is 1. The first-order valence-corrected chi connectivity index (χ1v) is 14.2. The van der Waals surface area contributed by atoms with Crippen LogP contribution in [-0.2, 0) is 4.79 Å². The molecule has 3 atom stereocenters. The Labute approximate surface area is 250 Å². The van der Waals surface area contributed by atoms with Gasteiger partial charge in [0.15, 0.2) is 5.82 Å². The van der Waals surface area contributed by atoms with E-state index in [-0.39, 0.29) is 41.6 Å². The van der Waals surface area contributed by atoms with Gasteiger partial charge in [-0.05, 0) is 68.7 Å². The number of amidine groups is 1. The number of nitrogens with zero attached hydrogens (tertiary/aromatic N) is 3. The normalized spacial score (nSPS) is 18.6. The van der Waals surface area contributed by atoms with E-state index >= 15 is 4.39 Å². The number of carbonyl (C=O) groups excluding carboxylic acids is 1. The number of carbonyl (C=O) groups is 1. The van der Waals surface area contributed by atoms with Crippen LogP contribution in [0.15, 0.2) is 43.1 Å². The maximum atomic E-state index is 16.8. The van der Waals surface area contributed by atoms with Crippen molar-refractivity contribution in [2.24, 2.45) is 0 Å². The number of aliphatic hydroxyl groups is 1. The predicted octanol–water partition coefficient (Wildman–Crippen LogP) is 4.72. The molecule has 3 unspecified atom stereocenters. The Morgan fingerprint density at radius 2 is 2.02 bits per heavy atom. The predicted molar refractivity (Wildman–Crippen MR) is 169 cm³/mol. The highest BCUT2D eigenvalue weighted by Crippen LogP contribution is 2.43. The molecule has 0 saturated carbocycles. The van der Waals surface area contributed by atoms with Gasteiger partial charge in [-0.3, -0.25) is 15.2 Å². The molecular weight excluding hydrogens is 547 g/mol. The van der Waals surface area contributed by atoms with Crippen molar-refractivity contribution >= 4 is 40.7 Å². The molecule has 1 amide bonds. The van der Waals surface area contributed by atoms with Gasteiger partial charge in [-0.1, -0.05) is 12.6 Å². The Morgan fingerprint density at radius 3 is 2.70 bits per heavy atom. The van der Waals surface area contributed by atoms with E-state index in [0.29, 0.717) is 52.5 Å². The number of rotatable bonds is 6. The summed E-state index contributed by atoms with van der Waals surface area (Å²) in [5, 5.41) is 34.6. The molecule has 0 spiro atoms. The van der Waals surface area contributed by atoms with Crippen LogP contribution in [-0.4, -0.2) is 69.6 Å². The first-order valence-electron chi connectivity index (χ1n) is 14.2. The van der Waals surface area contributed by atoms with E-state index in [4.69, 9.17) is 11.1 Å². The van der Waals surface area contributed by atoms with Crippen molar-refractivity contribution < 1.29 is 14.3 Å². The van der Waals surface area contributed by atoms with Crippen molar-refractivity contribution in [2.45, 2.75) is 45.9 Å². The van der Waals surface area contributed by atoms with Gasteiger partial charge >= 0.3 is 0 Å². The first kappa shape index (κ1) is 29.7. The second-order valence-electron chi connectivity index (χ2n) is 11.2. The Bertz CT molecular complexity index is 1650. The first-order chi connectivity index (χ1) is 20.5. The number of hydrogen-bond acceptors (Lipinski definition) is 8. The molecule has 0 bridgehead atoms. The van der Waals surface area contributed by atoms with E-state index in [0.717, 1.165) is 17.3 Å². The third-order valence-electron chi connectivity index (χ3n) is 8.35. The highest BCUT2D eigenvalue weighted by Gasteiger charge is 2.39. The van der Waals surface area contributed by atoms with Crippen molar-refractivity contribution in [1.29, 1.82) is 10.8 Å². The number of hydrogen-bond donors (Lipinski definition) is 6. The summed E-state index contributed by atoms with van der Waals surface area (Å²) in [4.78, 5) is 20.6. The van der Waals surface area contributed by atoms with Crippen LogP contribution in [0.3, 0.4) is 0 Å². The van der Waals surface area contributed by atoms with Crippen LogP contribution in [0.25, 0.3) is 11.1 Å². The van der Waals surface area contributed by atoms with Crippen molar-refractivity contribution in [2.75, 3.05) is 36.0 Å². The zero-order valence-corrected chi connectivity index (χ0v) is 24.8. The lowest BCUT2D eigenvalue weighted by Crippen LogP contribution is -2.61. The molecule has 43 heavy (non-hydrogen) atoms. The van der Waals surface area contributed by atoms with Crippen molar-refractivity contribution in [1.82, 2.24) is 14.8 Å². The van der Waals surface area contributed by atoms with Gasteiger partial charge in [0.25, 0.3) is 0 Å². The smallest absolute Gasteiger partial charge is 0.246 e. The maximum Gasteiger partial charge on any atom is 0.246 e. The molecular formula is C32H37FN8O2. The molecule has 5 rings (SSSR count). The van der Waals surface area contributed by atoms with Crippen LogP contribution in [0, 0.1) is 30.5 Å². The molecule has 3 heterocycles. The number of benzene rings is 2. The number of aromatic nitrogens is 1. The molecule has 2 aromatic carbocycles. The number of nitrogen functional groups attached to an aromatic ring is 1. The minimum Gasteiger partial charge on any atom is -0.398 e. The minimum atomic E-state index is -0.889. The number of nitrogens with one attached hydrogen (secondary N) is 4. The molecule has 1 fully saturated rings. The van der Waals surface area contributed by atoms with Crippen LogP contribution in [0.1, 0.15) is 47.9 Å². The van der Waals surface area contributed by atoms with E-state index < -0.39 is 11.9 Å². The van der Waals surface area contributed by atoms with Gasteiger partial charge < -0.3 is 36.7 Å². The molecule has 10 nitrogen and oxygen atoms in total. The van der Waals surface area contributed by atoms with E-state index in [1.54, 1.807) is 36.2 Å². The molecule has 7 N–H and O–H groups in total. The highest BCUT2D eigenvalue weighted by molar-refractivity contribution is 6.10. The summed E-state index contributed by atoms with van der Waals surface area (Å²) < 4.78 is 16.8. The lowest BCUT2D eigenvalue weighted by molar-refractivity contribution is -0.130. The zero-order valence-electron chi connectivity index (χ0n) is 24.8. The molecule has 0 radical (unpaired) electrons. The molecule has 11 heteroatoms. The Morgan fingerprint density at radius 1 is 1.28 bits per heavy atom. The van der Waals surface area contributed by atoms with Gasteiger partial charge in [-0.25, -0.2) is 4.39 Å². The number of aryl methyl sites for hydroxylation is 2. The average Bonchev–Trinajstić information content (AvgIpc) is 3.12. The Hall–Kier alpha value is -4.77. The van der Waals surface area contributed by atoms with Crippen LogP contribution >= 0.6 is 0 Å².